The van der Waals surface area contributed by atoms with Crippen molar-refractivity contribution in [2.75, 3.05) is 6.61 Å². The van der Waals surface area contributed by atoms with Crippen LogP contribution in [0.4, 0.5) is 0 Å². The normalized spacial score (nSPS) is 12.4. The molecule has 0 saturated heterocycles. The first-order chi connectivity index (χ1) is 8.20. The smallest absolute Gasteiger partial charge is 0.305 e. The van der Waals surface area contributed by atoms with Crippen LogP contribution in [0, 0.1) is 0 Å². The third-order valence-electron chi connectivity index (χ3n) is 2.83. The van der Waals surface area contributed by atoms with E-state index in [2.05, 4.69) is 13.8 Å². The number of carbonyl (C=O) groups excluding carboxylic acids is 1. The predicted octanol–water partition coefficient (Wildman–Crippen LogP) is 3.44. The van der Waals surface area contributed by atoms with E-state index in [1.807, 2.05) is 0 Å². The van der Waals surface area contributed by atoms with Crippen molar-refractivity contribution < 1.29 is 14.6 Å². The maximum atomic E-state index is 11.3. The first kappa shape index (κ1) is 16.4. The Morgan fingerprint density at radius 2 is 1.76 bits per heavy atom. The Bertz CT molecular complexity index is 180. The highest BCUT2D eigenvalue weighted by atomic mass is 16.5. The highest BCUT2D eigenvalue weighted by Gasteiger charge is 2.08. The summed E-state index contributed by atoms with van der Waals surface area (Å²) in [5.74, 6) is -0.175. The fraction of sp³-hybridized carbons (Fsp3) is 0.929. The molecule has 0 aromatic carbocycles. The molecule has 0 radical (unpaired) electrons. The van der Waals surface area contributed by atoms with Crippen LogP contribution in [-0.4, -0.2) is 23.8 Å². The molecule has 102 valence electrons. The summed E-state index contributed by atoms with van der Waals surface area (Å²) in [7, 11) is 0. The van der Waals surface area contributed by atoms with Crippen molar-refractivity contribution in [3.63, 3.8) is 0 Å². The Labute approximate surface area is 106 Å². The third-order valence-corrected chi connectivity index (χ3v) is 2.83. The van der Waals surface area contributed by atoms with E-state index < -0.39 is 0 Å². The van der Waals surface area contributed by atoms with E-state index in [0.717, 1.165) is 25.7 Å². The van der Waals surface area contributed by atoms with Crippen molar-refractivity contribution in [1.82, 2.24) is 0 Å². The molecule has 0 fully saturated rings. The van der Waals surface area contributed by atoms with E-state index in [1.165, 1.54) is 19.3 Å². The molecule has 3 heteroatoms. The van der Waals surface area contributed by atoms with Crippen LogP contribution in [0.3, 0.4) is 0 Å². The lowest BCUT2D eigenvalue weighted by atomic mass is 10.1. The van der Waals surface area contributed by atoms with E-state index in [-0.39, 0.29) is 12.1 Å². The molecule has 0 aliphatic rings. The number of aliphatic hydroxyl groups excluding tert-OH is 1. The van der Waals surface area contributed by atoms with E-state index in [1.54, 1.807) is 0 Å². The van der Waals surface area contributed by atoms with Crippen LogP contribution in [0.5, 0.6) is 0 Å². The number of aliphatic hydroxyl groups is 1. The van der Waals surface area contributed by atoms with Crippen LogP contribution in [0.1, 0.15) is 71.6 Å². The first-order valence-corrected chi connectivity index (χ1v) is 7.04. The Morgan fingerprint density at radius 3 is 2.41 bits per heavy atom. The van der Waals surface area contributed by atoms with Crippen molar-refractivity contribution >= 4 is 5.97 Å². The fourth-order valence-corrected chi connectivity index (χ4v) is 1.64. The lowest BCUT2D eigenvalue weighted by molar-refractivity contribution is -0.144. The Hall–Kier alpha value is -0.570. The maximum absolute atomic E-state index is 11.3. The number of hydrogen-bond acceptors (Lipinski definition) is 3. The van der Waals surface area contributed by atoms with Gasteiger partial charge >= 0.3 is 5.97 Å². The molecule has 0 spiro atoms. The number of hydrogen-bond donors (Lipinski definition) is 1. The number of rotatable bonds is 11. The molecular formula is C14H28O3. The third kappa shape index (κ3) is 11.7. The molecule has 0 amide bonds. The zero-order valence-electron chi connectivity index (χ0n) is 11.4. The zero-order valence-corrected chi connectivity index (χ0v) is 11.4. The quantitative estimate of drug-likeness (QED) is 0.447. The number of unbranched alkanes of at least 4 members (excludes halogenated alkanes) is 4. The van der Waals surface area contributed by atoms with Gasteiger partial charge in [-0.05, 0) is 19.3 Å². The van der Waals surface area contributed by atoms with E-state index in [4.69, 9.17) is 4.74 Å². The van der Waals surface area contributed by atoms with Crippen molar-refractivity contribution in [2.45, 2.75) is 77.7 Å². The van der Waals surface area contributed by atoms with E-state index in [0.29, 0.717) is 19.4 Å². The molecular weight excluding hydrogens is 216 g/mol. The fourth-order valence-electron chi connectivity index (χ4n) is 1.64. The molecule has 17 heavy (non-hydrogen) atoms. The average Bonchev–Trinajstić information content (AvgIpc) is 2.32. The SMILES string of the molecule is CCCCCCC(O)CCC(=O)OCCCC. The van der Waals surface area contributed by atoms with Crippen LogP contribution in [0.25, 0.3) is 0 Å². The maximum Gasteiger partial charge on any atom is 0.305 e. The Morgan fingerprint density at radius 1 is 1.06 bits per heavy atom. The van der Waals surface area contributed by atoms with Gasteiger partial charge in [-0.25, -0.2) is 0 Å². The first-order valence-electron chi connectivity index (χ1n) is 7.04. The highest BCUT2D eigenvalue weighted by Crippen LogP contribution is 2.10. The van der Waals surface area contributed by atoms with Crippen molar-refractivity contribution in [3.05, 3.63) is 0 Å². The lowest BCUT2D eigenvalue weighted by Crippen LogP contribution is -2.12. The molecule has 0 rings (SSSR count). The summed E-state index contributed by atoms with van der Waals surface area (Å²) >= 11 is 0. The Kier molecular flexibility index (Phi) is 11.5. The van der Waals surface area contributed by atoms with Gasteiger partial charge in [0.25, 0.3) is 0 Å². The van der Waals surface area contributed by atoms with Gasteiger partial charge in [0, 0.05) is 6.42 Å². The van der Waals surface area contributed by atoms with Gasteiger partial charge in [-0.15, -0.1) is 0 Å². The van der Waals surface area contributed by atoms with Gasteiger partial charge in [0.2, 0.25) is 0 Å². The van der Waals surface area contributed by atoms with Crippen molar-refractivity contribution in [2.24, 2.45) is 0 Å². The number of carbonyl (C=O) groups is 1. The van der Waals surface area contributed by atoms with Crippen LogP contribution in [0.15, 0.2) is 0 Å². The van der Waals surface area contributed by atoms with Gasteiger partial charge in [0.05, 0.1) is 12.7 Å². The van der Waals surface area contributed by atoms with Crippen molar-refractivity contribution in [1.29, 1.82) is 0 Å². The van der Waals surface area contributed by atoms with E-state index >= 15 is 0 Å². The minimum absolute atomic E-state index is 0.175. The lowest BCUT2D eigenvalue weighted by Gasteiger charge is -2.10. The van der Waals surface area contributed by atoms with Gasteiger partial charge in [-0.1, -0.05) is 46.0 Å². The summed E-state index contributed by atoms with van der Waals surface area (Å²) in [5.41, 5.74) is 0. The summed E-state index contributed by atoms with van der Waals surface area (Å²) in [6, 6.07) is 0. The second kappa shape index (κ2) is 11.9. The van der Waals surface area contributed by atoms with Gasteiger partial charge in [0.15, 0.2) is 0 Å². The van der Waals surface area contributed by atoms with E-state index in [9.17, 15) is 9.90 Å². The summed E-state index contributed by atoms with van der Waals surface area (Å²) < 4.78 is 5.03. The number of ether oxygens (including phenoxy) is 1. The molecule has 0 heterocycles. The average molecular weight is 244 g/mol. The van der Waals surface area contributed by atoms with Crippen LogP contribution in [-0.2, 0) is 9.53 Å². The standard InChI is InChI=1S/C14H28O3/c1-3-5-7-8-9-13(15)10-11-14(16)17-12-6-4-2/h13,15H,3-12H2,1-2H3. The monoisotopic (exact) mass is 244 g/mol. The van der Waals surface area contributed by atoms with Gasteiger partial charge in [0.1, 0.15) is 0 Å². The van der Waals surface area contributed by atoms with Crippen molar-refractivity contribution in [3.8, 4) is 0 Å². The predicted molar refractivity (Wildman–Crippen MR) is 69.9 cm³/mol. The number of esters is 1. The molecule has 0 aromatic heterocycles. The second-order valence-electron chi connectivity index (χ2n) is 4.62. The molecule has 3 nitrogen and oxygen atoms in total. The molecule has 0 aromatic rings. The van der Waals surface area contributed by atoms with Crippen LogP contribution < -0.4 is 0 Å². The summed E-state index contributed by atoms with van der Waals surface area (Å²) in [6.45, 7) is 4.75. The molecule has 0 aliphatic carbocycles. The molecule has 0 bridgehead atoms. The zero-order chi connectivity index (χ0) is 12.9. The van der Waals surface area contributed by atoms with Gasteiger partial charge in [-0.3, -0.25) is 4.79 Å². The summed E-state index contributed by atoms with van der Waals surface area (Å²) in [5, 5.41) is 9.66. The largest absolute Gasteiger partial charge is 0.466 e. The highest BCUT2D eigenvalue weighted by molar-refractivity contribution is 5.69. The summed E-state index contributed by atoms with van der Waals surface area (Å²) in [6.07, 6.45) is 7.97. The minimum atomic E-state index is -0.342. The minimum Gasteiger partial charge on any atom is -0.466 e. The molecule has 0 saturated carbocycles. The van der Waals surface area contributed by atoms with Gasteiger partial charge < -0.3 is 9.84 Å². The molecule has 0 aliphatic heterocycles. The van der Waals surface area contributed by atoms with Gasteiger partial charge in [-0.2, -0.15) is 0 Å². The molecule has 1 unspecified atom stereocenters. The molecule has 1 atom stereocenters. The second-order valence-corrected chi connectivity index (χ2v) is 4.62. The Balaban J connectivity index is 3.35. The van der Waals surface area contributed by atoms with Crippen LogP contribution >= 0.6 is 0 Å². The molecule has 1 N–H and O–H groups in total. The van der Waals surface area contributed by atoms with Crippen LogP contribution in [0.2, 0.25) is 0 Å². The summed E-state index contributed by atoms with van der Waals surface area (Å²) in [4.78, 5) is 11.3. The topological polar surface area (TPSA) is 46.5 Å².